The van der Waals surface area contributed by atoms with Crippen LogP contribution in [0.25, 0.3) is 0 Å². The predicted octanol–water partition coefficient (Wildman–Crippen LogP) is 2.66. The van der Waals surface area contributed by atoms with Crippen LogP contribution in [-0.2, 0) is 6.42 Å². The number of piperidine rings is 1. The average molecular weight is 247 g/mol. The van der Waals surface area contributed by atoms with Crippen molar-refractivity contribution < 1.29 is 9.90 Å². The summed E-state index contributed by atoms with van der Waals surface area (Å²) in [5, 5.41) is 8.83. The molecule has 1 saturated heterocycles. The molecule has 0 aromatic heterocycles. The molecule has 0 amide bonds. The Labute approximate surface area is 108 Å². The van der Waals surface area contributed by atoms with Crippen LogP contribution in [0, 0.1) is 5.92 Å². The van der Waals surface area contributed by atoms with Gasteiger partial charge in [0.2, 0.25) is 0 Å². The molecule has 0 saturated carbocycles. The molecule has 1 aliphatic heterocycles. The summed E-state index contributed by atoms with van der Waals surface area (Å²) in [6.07, 6.45) is 3.62. The van der Waals surface area contributed by atoms with Gasteiger partial charge in [0, 0.05) is 6.54 Å². The van der Waals surface area contributed by atoms with Gasteiger partial charge in [0.1, 0.15) is 0 Å². The van der Waals surface area contributed by atoms with E-state index >= 15 is 0 Å². The summed E-state index contributed by atoms with van der Waals surface area (Å²) in [5.41, 5.74) is 1.59. The third kappa shape index (κ3) is 3.57. The maximum atomic E-state index is 10.7. The fourth-order valence-electron chi connectivity index (χ4n) is 2.39. The Morgan fingerprint density at radius 1 is 1.28 bits per heavy atom. The van der Waals surface area contributed by atoms with Crippen molar-refractivity contribution in [3.8, 4) is 0 Å². The highest BCUT2D eigenvalue weighted by Crippen LogP contribution is 2.16. The van der Waals surface area contributed by atoms with E-state index in [2.05, 4.69) is 11.8 Å². The summed E-state index contributed by atoms with van der Waals surface area (Å²) in [7, 11) is 0. The first-order chi connectivity index (χ1) is 8.65. The molecule has 0 radical (unpaired) electrons. The van der Waals surface area contributed by atoms with Crippen molar-refractivity contribution in [1.82, 2.24) is 4.90 Å². The minimum atomic E-state index is -0.855. The SMILES string of the molecule is CC1CCN(CCc2ccc(C(=O)O)cc2)CC1. The Balaban J connectivity index is 1.81. The average Bonchev–Trinajstić information content (AvgIpc) is 2.38. The maximum absolute atomic E-state index is 10.7. The molecule has 1 heterocycles. The normalized spacial score (nSPS) is 17.8. The van der Waals surface area contributed by atoms with E-state index in [-0.39, 0.29) is 0 Å². The lowest BCUT2D eigenvalue weighted by Crippen LogP contribution is -2.34. The quantitative estimate of drug-likeness (QED) is 0.889. The molecular weight excluding hydrogens is 226 g/mol. The molecule has 1 N–H and O–H groups in total. The molecule has 0 unspecified atom stereocenters. The topological polar surface area (TPSA) is 40.5 Å². The highest BCUT2D eigenvalue weighted by atomic mass is 16.4. The van der Waals surface area contributed by atoms with Crippen LogP contribution in [0.5, 0.6) is 0 Å². The first-order valence-electron chi connectivity index (χ1n) is 6.70. The van der Waals surface area contributed by atoms with Crippen LogP contribution in [0.4, 0.5) is 0 Å². The molecule has 2 rings (SSSR count). The minimum Gasteiger partial charge on any atom is -0.478 e. The number of hydrogen-bond donors (Lipinski definition) is 1. The zero-order valence-electron chi connectivity index (χ0n) is 10.9. The first-order valence-corrected chi connectivity index (χ1v) is 6.70. The van der Waals surface area contributed by atoms with E-state index < -0.39 is 5.97 Å². The van der Waals surface area contributed by atoms with Crippen LogP contribution in [0.15, 0.2) is 24.3 Å². The molecule has 1 fully saturated rings. The van der Waals surface area contributed by atoms with Gasteiger partial charge in [-0.05, 0) is 56.0 Å². The van der Waals surface area contributed by atoms with E-state index in [0.717, 1.165) is 18.9 Å². The number of rotatable bonds is 4. The van der Waals surface area contributed by atoms with Crippen LogP contribution < -0.4 is 0 Å². The highest BCUT2D eigenvalue weighted by molar-refractivity contribution is 5.87. The number of carboxylic acids is 1. The van der Waals surface area contributed by atoms with Crippen LogP contribution in [0.1, 0.15) is 35.7 Å². The summed E-state index contributed by atoms with van der Waals surface area (Å²) in [4.78, 5) is 13.2. The largest absolute Gasteiger partial charge is 0.478 e. The monoisotopic (exact) mass is 247 g/mol. The fourth-order valence-corrected chi connectivity index (χ4v) is 2.39. The van der Waals surface area contributed by atoms with Gasteiger partial charge >= 0.3 is 5.97 Å². The molecular formula is C15H21NO2. The second kappa shape index (κ2) is 6.01. The van der Waals surface area contributed by atoms with Gasteiger partial charge in [-0.15, -0.1) is 0 Å². The molecule has 3 nitrogen and oxygen atoms in total. The Morgan fingerprint density at radius 2 is 1.89 bits per heavy atom. The lowest BCUT2D eigenvalue weighted by Gasteiger charge is -2.30. The van der Waals surface area contributed by atoms with E-state index in [1.807, 2.05) is 12.1 Å². The summed E-state index contributed by atoms with van der Waals surface area (Å²) >= 11 is 0. The predicted molar refractivity (Wildman–Crippen MR) is 71.9 cm³/mol. The number of carbonyl (C=O) groups is 1. The van der Waals surface area contributed by atoms with Gasteiger partial charge in [-0.2, -0.15) is 0 Å². The smallest absolute Gasteiger partial charge is 0.335 e. The Morgan fingerprint density at radius 3 is 2.44 bits per heavy atom. The van der Waals surface area contributed by atoms with E-state index in [4.69, 9.17) is 5.11 Å². The van der Waals surface area contributed by atoms with Crippen LogP contribution in [-0.4, -0.2) is 35.6 Å². The number of hydrogen-bond acceptors (Lipinski definition) is 2. The zero-order valence-corrected chi connectivity index (χ0v) is 10.9. The molecule has 0 atom stereocenters. The van der Waals surface area contributed by atoms with Crippen molar-refractivity contribution in [2.45, 2.75) is 26.2 Å². The third-order valence-electron chi connectivity index (χ3n) is 3.79. The standard InChI is InChI=1S/C15H21NO2/c1-12-6-9-16(10-7-12)11-8-13-2-4-14(5-3-13)15(17)18/h2-5,12H,6-11H2,1H3,(H,17,18). The van der Waals surface area contributed by atoms with Crippen molar-refractivity contribution in [1.29, 1.82) is 0 Å². The maximum Gasteiger partial charge on any atom is 0.335 e. The molecule has 3 heteroatoms. The highest BCUT2D eigenvalue weighted by Gasteiger charge is 2.15. The molecule has 0 aliphatic carbocycles. The van der Waals surface area contributed by atoms with Gasteiger partial charge in [0.05, 0.1) is 5.56 Å². The summed E-state index contributed by atoms with van der Waals surface area (Å²) in [5.74, 6) is 0.0164. The van der Waals surface area contributed by atoms with Crippen molar-refractivity contribution >= 4 is 5.97 Å². The number of likely N-dealkylation sites (tertiary alicyclic amines) is 1. The van der Waals surface area contributed by atoms with Crippen LogP contribution >= 0.6 is 0 Å². The van der Waals surface area contributed by atoms with Gasteiger partial charge < -0.3 is 10.0 Å². The second-order valence-electron chi connectivity index (χ2n) is 5.28. The molecule has 18 heavy (non-hydrogen) atoms. The Kier molecular flexibility index (Phi) is 4.37. The zero-order chi connectivity index (χ0) is 13.0. The van der Waals surface area contributed by atoms with Gasteiger partial charge in [-0.25, -0.2) is 4.79 Å². The molecule has 1 aromatic rings. The van der Waals surface area contributed by atoms with E-state index in [1.54, 1.807) is 12.1 Å². The molecule has 0 spiro atoms. The van der Waals surface area contributed by atoms with E-state index in [1.165, 1.54) is 31.5 Å². The lowest BCUT2D eigenvalue weighted by molar-refractivity contribution is 0.0697. The summed E-state index contributed by atoms with van der Waals surface area (Å²) < 4.78 is 0. The minimum absolute atomic E-state index is 0.366. The third-order valence-corrected chi connectivity index (χ3v) is 3.79. The number of nitrogens with zero attached hydrogens (tertiary/aromatic N) is 1. The number of benzene rings is 1. The van der Waals surface area contributed by atoms with Gasteiger partial charge in [-0.1, -0.05) is 19.1 Å². The number of carboxylic acid groups (broad SMARTS) is 1. The lowest BCUT2D eigenvalue weighted by atomic mass is 9.99. The van der Waals surface area contributed by atoms with Crippen molar-refractivity contribution in [2.75, 3.05) is 19.6 Å². The summed E-state index contributed by atoms with van der Waals surface area (Å²) in [6, 6.07) is 7.23. The van der Waals surface area contributed by atoms with Gasteiger partial charge in [-0.3, -0.25) is 0 Å². The van der Waals surface area contributed by atoms with Crippen LogP contribution in [0.2, 0.25) is 0 Å². The molecule has 1 aliphatic rings. The van der Waals surface area contributed by atoms with Gasteiger partial charge in [0.25, 0.3) is 0 Å². The van der Waals surface area contributed by atoms with Crippen LogP contribution in [0.3, 0.4) is 0 Å². The Bertz CT molecular complexity index is 391. The van der Waals surface area contributed by atoms with Crippen molar-refractivity contribution in [3.05, 3.63) is 35.4 Å². The first kappa shape index (κ1) is 13.1. The molecule has 1 aromatic carbocycles. The second-order valence-corrected chi connectivity index (χ2v) is 5.28. The molecule has 98 valence electrons. The summed E-state index contributed by atoms with van der Waals surface area (Å²) in [6.45, 7) is 5.81. The van der Waals surface area contributed by atoms with E-state index in [9.17, 15) is 4.79 Å². The van der Waals surface area contributed by atoms with Crippen molar-refractivity contribution in [2.24, 2.45) is 5.92 Å². The van der Waals surface area contributed by atoms with Crippen molar-refractivity contribution in [3.63, 3.8) is 0 Å². The molecule has 0 bridgehead atoms. The number of aromatic carboxylic acids is 1. The Hall–Kier alpha value is -1.35. The van der Waals surface area contributed by atoms with Gasteiger partial charge in [0.15, 0.2) is 0 Å². The van der Waals surface area contributed by atoms with E-state index in [0.29, 0.717) is 5.56 Å². The fraction of sp³-hybridized carbons (Fsp3) is 0.533.